The van der Waals surface area contributed by atoms with Crippen molar-refractivity contribution < 1.29 is 13.9 Å². The molecule has 2 aromatic rings. The predicted octanol–water partition coefficient (Wildman–Crippen LogP) is 3.22. The Hall–Kier alpha value is -2.64. The topological polar surface area (TPSA) is 58.1 Å². The summed E-state index contributed by atoms with van der Waals surface area (Å²) in [5, 5.41) is 6.59. The van der Waals surface area contributed by atoms with Crippen molar-refractivity contribution in [2.75, 3.05) is 47.0 Å². The van der Waals surface area contributed by atoms with Crippen LogP contribution in [0, 0.1) is 5.82 Å². The molecule has 174 valence electrons. The SMILES string of the molecule is CN=C(NCCc1cccc(F)c1)NCc1cccc(OCCN(C)C2CCOCC2)c1. The average Bonchev–Trinajstić information content (AvgIpc) is 2.82. The van der Waals surface area contributed by atoms with Gasteiger partial charge in [-0.05, 0) is 61.7 Å². The van der Waals surface area contributed by atoms with Crippen molar-refractivity contribution in [3.8, 4) is 5.75 Å². The molecule has 7 heteroatoms. The molecule has 1 saturated heterocycles. The number of benzene rings is 2. The highest BCUT2D eigenvalue weighted by molar-refractivity contribution is 5.79. The summed E-state index contributed by atoms with van der Waals surface area (Å²) < 4.78 is 24.7. The molecular formula is C25H35FN4O2. The van der Waals surface area contributed by atoms with E-state index in [2.05, 4.69) is 39.7 Å². The van der Waals surface area contributed by atoms with Crippen LogP contribution in [0.5, 0.6) is 5.75 Å². The lowest BCUT2D eigenvalue weighted by molar-refractivity contribution is 0.0392. The molecule has 32 heavy (non-hydrogen) atoms. The van der Waals surface area contributed by atoms with E-state index < -0.39 is 0 Å². The number of aliphatic imine (C=N–C) groups is 1. The van der Waals surface area contributed by atoms with Crippen LogP contribution in [0.3, 0.4) is 0 Å². The number of rotatable bonds is 10. The molecule has 0 bridgehead atoms. The van der Waals surface area contributed by atoms with Gasteiger partial charge in [-0.1, -0.05) is 24.3 Å². The first-order chi connectivity index (χ1) is 15.6. The number of nitrogens with zero attached hydrogens (tertiary/aromatic N) is 2. The minimum absolute atomic E-state index is 0.206. The number of nitrogens with one attached hydrogen (secondary N) is 2. The van der Waals surface area contributed by atoms with Gasteiger partial charge in [-0.15, -0.1) is 0 Å². The smallest absolute Gasteiger partial charge is 0.191 e. The highest BCUT2D eigenvalue weighted by Gasteiger charge is 2.17. The summed E-state index contributed by atoms with van der Waals surface area (Å²) >= 11 is 0. The Balaban J connectivity index is 1.38. The van der Waals surface area contributed by atoms with Crippen molar-refractivity contribution in [3.05, 3.63) is 65.5 Å². The maximum absolute atomic E-state index is 13.3. The zero-order valence-electron chi connectivity index (χ0n) is 19.1. The van der Waals surface area contributed by atoms with Crippen LogP contribution in [0.15, 0.2) is 53.5 Å². The van der Waals surface area contributed by atoms with Crippen LogP contribution in [0.25, 0.3) is 0 Å². The fourth-order valence-corrected chi connectivity index (χ4v) is 3.79. The van der Waals surface area contributed by atoms with Gasteiger partial charge in [0.2, 0.25) is 0 Å². The summed E-state index contributed by atoms with van der Waals surface area (Å²) in [5.41, 5.74) is 2.08. The summed E-state index contributed by atoms with van der Waals surface area (Å²) in [5.74, 6) is 1.38. The van der Waals surface area contributed by atoms with E-state index >= 15 is 0 Å². The van der Waals surface area contributed by atoms with Crippen LogP contribution in [0.1, 0.15) is 24.0 Å². The third-order valence-electron chi connectivity index (χ3n) is 5.70. The first-order valence-corrected chi connectivity index (χ1v) is 11.3. The summed E-state index contributed by atoms with van der Waals surface area (Å²) in [6, 6.07) is 15.4. The van der Waals surface area contributed by atoms with Crippen LogP contribution in [-0.4, -0.2) is 63.9 Å². The molecule has 0 radical (unpaired) electrons. The van der Waals surface area contributed by atoms with Gasteiger partial charge in [0.15, 0.2) is 5.96 Å². The Morgan fingerprint density at radius 1 is 1.12 bits per heavy atom. The fourth-order valence-electron chi connectivity index (χ4n) is 3.79. The van der Waals surface area contributed by atoms with Gasteiger partial charge in [-0.2, -0.15) is 0 Å². The normalized spacial score (nSPS) is 15.1. The lowest BCUT2D eigenvalue weighted by Gasteiger charge is -2.31. The van der Waals surface area contributed by atoms with E-state index in [9.17, 15) is 4.39 Å². The van der Waals surface area contributed by atoms with E-state index in [4.69, 9.17) is 9.47 Å². The van der Waals surface area contributed by atoms with Crippen LogP contribution < -0.4 is 15.4 Å². The largest absolute Gasteiger partial charge is 0.492 e. The highest BCUT2D eigenvalue weighted by atomic mass is 19.1. The second-order valence-corrected chi connectivity index (χ2v) is 8.05. The van der Waals surface area contributed by atoms with E-state index in [0.29, 0.717) is 31.7 Å². The molecule has 0 aliphatic carbocycles. The van der Waals surface area contributed by atoms with Crippen molar-refractivity contribution in [1.29, 1.82) is 0 Å². The molecule has 0 saturated carbocycles. The Morgan fingerprint density at radius 2 is 1.91 bits per heavy atom. The molecule has 1 aliphatic rings. The van der Waals surface area contributed by atoms with Gasteiger partial charge < -0.3 is 20.1 Å². The fraction of sp³-hybridized carbons (Fsp3) is 0.480. The molecule has 0 unspecified atom stereocenters. The van der Waals surface area contributed by atoms with Crippen molar-refractivity contribution in [2.24, 2.45) is 4.99 Å². The Labute approximate surface area is 190 Å². The summed E-state index contributed by atoms with van der Waals surface area (Å²) in [4.78, 5) is 6.63. The lowest BCUT2D eigenvalue weighted by Crippen LogP contribution is -2.38. The Morgan fingerprint density at radius 3 is 2.69 bits per heavy atom. The molecule has 0 spiro atoms. The molecule has 2 N–H and O–H groups in total. The number of hydrogen-bond acceptors (Lipinski definition) is 4. The molecule has 0 atom stereocenters. The maximum Gasteiger partial charge on any atom is 0.191 e. The predicted molar refractivity (Wildman–Crippen MR) is 127 cm³/mol. The molecule has 0 amide bonds. The van der Waals surface area contributed by atoms with Gasteiger partial charge in [0.05, 0.1) is 0 Å². The van der Waals surface area contributed by atoms with Gasteiger partial charge >= 0.3 is 0 Å². The van der Waals surface area contributed by atoms with Crippen LogP contribution >= 0.6 is 0 Å². The van der Waals surface area contributed by atoms with Gasteiger partial charge in [0.25, 0.3) is 0 Å². The van der Waals surface area contributed by atoms with Crippen LogP contribution in [0.2, 0.25) is 0 Å². The quantitative estimate of drug-likeness (QED) is 0.437. The van der Waals surface area contributed by atoms with Gasteiger partial charge in [0, 0.05) is 45.9 Å². The standard InChI is InChI=1S/C25H35FN4O2/c1-27-25(28-12-9-20-5-3-7-22(26)17-20)29-19-21-6-4-8-24(18-21)32-16-13-30(2)23-10-14-31-15-11-23/h3-8,17-18,23H,9-16,19H2,1-2H3,(H2,27,28,29). The van der Waals surface area contributed by atoms with E-state index in [1.807, 2.05) is 18.2 Å². The minimum atomic E-state index is -0.206. The maximum atomic E-state index is 13.3. The van der Waals surface area contributed by atoms with Crippen molar-refractivity contribution in [2.45, 2.75) is 31.8 Å². The molecule has 0 aromatic heterocycles. The Bertz CT molecular complexity index is 855. The van der Waals surface area contributed by atoms with Crippen molar-refractivity contribution in [1.82, 2.24) is 15.5 Å². The third kappa shape index (κ3) is 8.13. The van der Waals surface area contributed by atoms with Crippen molar-refractivity contribution in [3.63, 3.8) is 0 Å². The van der Waals surface area contributed by atoms with Crippen LogP contribution in [-0.2, 0) is 17.7 Å². The first kappa shape index (κ1) is 24.0. The first-order valence-electron chi connectivity index (χ1n) is 11.3. The average molecular weight is 443 g/mol. The molecule has 1 fully saturated rings. The van der Waals surface area contributed by atoms with Gasteiger partial charge in [-0.3, -0.25) is 9.89 Å². The third-order valence-corrected chi connectivity index (χ3v) is 5.70. The molecule has 1 heterocycles. The molecule has 1 aliphatic heterocycles. The number of hydrogen-bond donors (Lipinski definition) is 2. The van der Waals surface area contributed by atoms with E-state index in [0.717, 1.165) is 55.9 Å². The zero-order chi connectivity index (χ0) is 22.6. The minimum Gasteiger partial charge on any atom is -0.492 e. The van der Waals surface area contributed by atoms with E-state index in [-0.39, 0.29) is 5.82 Å². The Kier molecular flexibility index (Phi) is 9.78. The number of ether oxygens (including phenoxy) is 2. The number of guanidine groups is 1. The van der Waals surface area contributed by atoms with Crippen molar-refractivity contribution >= 4 is 5.96 Å². The zero-order valence-corrected chi connectivity index (χ0v) is 19.1. The van der Waals surface area contributed by atoms with E-state index in [1.54, 1.807) is 19.2 Å². The second-order valence-electron chi connectivity index (χ2n) is 8.05. The molecule has 6 nitrogen and oxygen atoms in total. The van der Waals surface area contributed by atoms with E-state index in [1.165, 1.54) is 6.07 Å². The number of halogens is 1. The lowest BCUT2D eigenvalue weighted by atomic mass is 10.1. The number of likely N-dealkylation sites (N-methyl/N-ethyl adjacent to an activating group) is 1. The summed E-state index contributed by atoms with van der Waals surface area (Å²) in [6.45, 7) is 4.58. The highest BCUT2D eigenvalue weighted by Crippen LogP contribution is 2.15. The van der Waals surface area contributed by atoms with Crippen LogP contribution in [0.4, 0.5) is 4.39 Å². The summed E-state index contributed by atoms with van der Waals surface area (Å²) in [7, 11) is 3.90. The molecular weight excluding hydrogens is 407 g/mol. The molecule has 2 aromatic carbocycles. The summed E-state index contributed by atoms with van der Waals surface area (Å²) in [6.07, 6.45) is 2.91. The second kappa shape index (κ2) is 13.0. The van der Waals surface area contributed by atoms with Gasteiger partial charge in [-0.25, -0.2) is 4.39 Å². The van der Waals surface area contributed by atoms with Gasteiger partial charge in [0.1, 0.15) is 18.2 Å². The monoisotopic (exact) mass is 442 g/mol. The molecule has 3 rings (SSSR count).